The maximum Gasteiger partial charge on any atom is 0.236 e. The minimum Gasteiger partial charge on any atom is -0.389 e. The van der Waals surface area contributed by atoms with Crippen molar-refractivity contribution in [1.82, 2.24) is 29.8 Å². The van der Waals surface area contributed by atoms with Crippen molar-refractivity contribution in [3.05, 3.63) is 59.5 Å². The van der Waals surface area contributed by atoms with Gasteiger partial charge in [-0.25, -0.2) is 14.4 Å². The second-order valence-electron chi connectivity index (χ2n) is 9.74. The van der Waals surface area contributed by atoms with Gasteiger partial charge in [0, 0.05) is 44.6 Å². The molecule has 2 aliphatic heterocycles. The van der Waals surface area contributed by atoms with Gasteiger partial charge >= 0.3 is 0 Å². The van der Waals surface area contributed by atoms with Crippen LogP contribution in [0.15, 0.2) is 48.1 Å². The summed E-state index contributed by atoms with van der Waals surface area (Å²) in [5.74, 6) is 1.37. The van der Waals surface area contributed by atoms with Crippen LogP contribution in [-0.4, -0.2) is 87.4 Å². The molecule has 0 radical (unpaired) electrons. The molecule has 1 amide bonds. The standard InChI is InChI=1S/C27H33FN8O2S/c1-5-18(28)8-7-17(3)22-16-39-27(31-22)33(4)26-21(6-2)30-23-9-10-24(32-36(23)26)34-12-19(13-34)29-11-25(38)35-14-20(37)15-35/h5,7-10,16,19-20,29,37H,3,6,11-15H2,1-2,4H3/b8-7-,18-5+. The first kappa shape index (κ1) is 27.0. The summed E-state index contributed by atoms with van der Waals surface area (Å²) in [4.78, 5) is 27.5. The lowest BCUT2D eigenvalue weighted by molar-refractivity contribution is -0.140. The highest BCUT2D eigenvalue weighted by molar-refractivity contribution is 7.13. The van der Waals surface area contributed by atoms with E-state index in [-0.39, 0.29) is 30.4 Å². The summed E-state index contributed by atoms with van der Waals surface area (Å²) in [5, 5.41) is 20.2. The summed E-state index contributed by atoms with van der Waals surface area (Å²) in [5.41, 5.74) is 2.97. The third-order valence-corrected chi connectivity index (χ3v) is 7.87. The number of likely N-dealkylation sites (tertiary alicyclic amines) is 1. The number of aliphatic hydroxyl groups excluding tert-OH is 1. The molecule has 0 aromatic carbocycles. The molecule has 2 N–H and O–H groups in total. The Morgan fingerprint density at radius 2 is 2.05 bits per heavy atom. The zero-order chi connectivity index (χ0) is 27.7. The Hall–Kier alpha value is -3.61. The van der Waals surface area contributed by atoms with Crippen LogP contribution >= 0.6 is 11.3 Å². The molecule has 0 unspecified atom stereocenters. The Kier molecular flexibility index (Phi) is 7.78. The monoisotopic (exact) mass is 552 g/mol. The number of nitrogens with one attached hydrogen (secondary N) is 1. The van der Waals surface area contributed by atoms with Crippen LogP contribution in [0.1, 0.15) is 25.2 Å². The Labute approximate surface area is 230 Å². The molecule has 12 heteroatoms. The molecule has 3 aromatic rings. The minimum absolute atomic E-state index is 0.0198. The van der Waals surface area contributed by atoms with E-state index in [0.717, 1.165) is 47.6 Å². The molecule has 0 aliphatic carbocycles. The number of halogens is 1. The van der Waals surface area contributed by atoms with Gasteiger partial charge in [-0.1, -0.05) is 25.7 Å². The van der Waals surface area contributed by atoms with E-state index in [1.807, 2.05) is 34.0 Å². The average Bonchev–Trinajstić information content (AvgIpc) is 3.53. The molecule has 0 spiro atoms. The van der Waals surface area contributed by atoms with Gasteiger partial charge in [0.15, 0.2) is 16.6 Å². The number of amides is 1. The van der Waals surface area contributed by atoms with Crippen LogP contribution in [0.4, 0.5) is 21.2 Å². The quantitative estimate of drug-likeness (QED) is 0.370. The van der Waals surface area contributed by atoms with Gasteiger partial charge in [-0.3, -0.25) is 4.79 Å². The van der Waals surface area contributed by atoms with Crippen LogP contribution in [0.25, 0.3) is 11.2 Å². The smallest absolute Gasteiger partial charge is 0.236 e. The van der Waals surface area contributed by atoms with E-state index in [1.54, 1.807) is 17.9 Å². The number of aliphatic hydroxyl groups is 1. The van der Waals surface area contributed by atoms with Crippen molar-refractivity contribution in [3.8, 4) is 0 Å². The van der Waals surface area contributed by atoms with Gasteiger partial charge in [0.25, 0.3) is 0 Å². The fraction of sp³-hybridized carbons (Fsp3) is 0.407. The first-order chi connectivity index (χ1) is 18.8. The van der Waals surface area contributed by atoms with Crippen molar-refractivity contribution in [1.29, 1.82) is 0 Å². The summed E-state index contributed by atoms with van der Waals surface area (Å²) < 4.78 is 15.3. The molecule has 0 saturated carbocycles. The van der Waals surface area contributed by atoms with Gasteiger partial charge in [0.05, 0.1) is 24.0 Å². The second-order valence-corrected chi connectivity index (χ2v) is 10.6. The zero-order valence-corrected chi connectivity index (χ0v) is 23.2. The van der Waals surface area contributed by atoms with Gasteiger partial charge in [0.1, 0.15) is 11.6 Å². The summed E-state index contributed by atoms with van der Waals surface area (Å²) in [6.07, 6.45) is 4.73. The number of carbonyl (C=O) groups is 1. The Balaban J connectivity index is 1.28. The third kappa shape index (κ3) is 5.58. The molecule has 0 bridgehead atoms. The molecule has 10 nitrogen and oxygen atoms in total. The van der Waals surface area contributed by atoms with Gasteiger partial charge in [-0.05, 0) is 37.1 Å². The first-order valence-electron chi connectivity index (χ1n) is 13.0. The number of nitrogens with zero attached hydrogens (tertiary/aromatic N) is 7. The lowest BCUT2D eigenvalue weighted by Gasteiger charge is -2.41. The van der Waals surface area contributed by atoms with E-state index in [0.29, 0.717) is 24.4 Å². The van der Waals surface area contributed by atoms with Crippen LogP contribution in [0.2, 0.25) is 0 Å². The maximum atomic E-state index is 13.5. The van der Waals surface area contributed by atoms with Gasteiger partial charge in [-0.15, -0.1) is 16.4 Å². The average molecular weight is 553 g/mol. The van der Waals surface area contributed by atoms with E-state index in [2.05, 4.69) is 23.7 Å². The summed E-state index contributed by atoms with van der Waals surface area (Å²) in [6.45, 7) is 10.3. The summed E-state index contributed by atoms with van der Waals surface area (Å²) >= 11 is 1.47. The van der Waals surface area contributed by atoms with Gasteiger partial charge in [0.2, 0.25) is 5.91 Å². The summed E-state index contributed by atoms with van der Waals surface area (Å²) in [6, 6.07) is 4.13. The van der Waals surface area contributed by atoms with Crippen molar-refractivity contribution in [3.63, 3.8) is 0 Å². The van der Waals surface area contributed by atoms with Crippen molar-refractivity contribution >= 4 is 45.2 Å². The van der Waals surface area contributed by atoms with Crippen LogP contribution in [0, 0.1) is 0 Å². The van der Waals surface area contributed by atoms with Crippen LogP contribution in [0.3, 0.4) is 0 Å². The predicted octanol–water partition coefficient (Wildman–Crippen LogP) is 2.94. The fourth-order valence-corrected chi connectivity index (χ4v) is 5.33. The number of carbonyl (C=O) groups excluding carboxylic acids is 1. The number of imidazole rings is 1. The molecule has 5 rings (SSSR count). The minimum atomic E-state index is -0.386. The first-order valence-corrected chi connectivity index (χ1v) is 13.9. The highest BCUT2D eigenvalue weighted by atomic mass is 32.1. The molecule has 39 heavy (non-hydrogen) atoms. The number of aryl methyl sites for hydroxylation is 1. The Bertz CT molecular complexity index is 1430. The molecular formula is C27H33FN8O2S. The van der Waals surface area contributed by atoms with Gasteiger partial charge in [-0.2, -0.15) is 4.52 Å². The highest BCUT2D eigenvalue weighted by Crippen LogP contribution is 2.33. The molecule has 3 aromatic heterocycles. The molecule has 2 saturated heterocycles. The normalized spacial score (nSPS) is 16.7. The van der Waals surface area contributed by atoms with Crippen LogP contribution in [-0.2, 0) is 11.2 Å². The second kappa shape index (κ2) is 11.2. The number of thiazole rings is 1. The number of anilines is 3. The number of allylic oxidation sites excluding steroid dienone is 5. The molecule has 206 valence electrons. The van der Waals surface area contributed by atoms with Crippen LogP contribution in [0.5, 0.6) is 0 Å². The summed E-state index contributed by atoms with van der Waals surface area (Å²) in [7, 11) is 1.94. The highest BCUT2D eigenvalue weighted by Gasteiger charge is 2.32. The number of hydrogen-bond acceptors (Lipinski definition) is 9. The SMILES string of the molecule is C=C(/C=C\C(F)=C/C)c1csc(N(C)c2c(CC)nc3ccc(N4CC(NCC(=O)N5CC(O)C5)C4)nn23)n1. The van der Waals surface area contributed by atoms with Crippen molar-refractivity contribution in [2.45, 2.75) is 32.4 Å². The number of aromatic nitrogens is 4. The topological polar surface area (TPSA) is 102 Å². The van der Waals surface area contributed by atoms with E-state index in [1.165, 1.54) is 23.5 Å². The molecule has 0 atom stereocenters. The van der Waals surface area contributed by atoms with Crippen LogP contribution < -0.4 is 15.1 Å². The number of rotatable bonds is 10. The number of β-amino-alcohol motifs (C(OH)–C–C–N with tert-alkyl or cyclic N) is 1. The Morgan fingerprint density at radius 1 is 1.28 bits per heavy atom. The van der Waals surface area contributed by atoms with Crippen molar-refractivity contribution in [2.24, 2.45) is 0 Å². The molecule has 5 heterocycles. The molecule has 2 fully saturated rings. The van der Waals surface area contributed by atoms with Crippen molar-refractivity contribution < 1.29 is 14.3 Å². The predicted molar refractivity (Wildman–Crippen MR) is 152 cm³/mol. The van der Waals surface area contributed by atoms with E-state index in [4.69, 9.17) is 15.1 Å². The molecule has 2 aliphatic rings. The lowest BCUT2D eigenvalue weighted by atomic mass is 10.1. The maximum absolute atomic E-state index is 13.5. The number of hydrogen-bond donors (Lipinski definition) is 2. The van der Waals surface area contributed by atoms with Gasteiger partial charge < -0.3 is 25.1 Å². The lowest BCUT2D eigenvalue weighted by Crippen LogP contribution is -2.61. The van der Waals surface area contributed by atoms with E-state index >= 15 is 0 Å². The largest absolute Gasteiger partial charge is 0.389 e. The van der Waals surface area contributed by atoms with E-state index < -0.39 is 0 Å². The zero-order valence-electron chi connectivity index (χ0n) is 22.3. The molecular weight excluding hydrogens is 519 g/mol. The van der Waals surface area contributed by atoms with Crippen molar-refractivity contribution in [2.75, 3.05) is 49.6 Å². The Morgan fingerprint density at radius 3 is 2.74 bits per heavy atom. The third-order valence-electron chi connectivity index (χ3n) is 6.95. The number of fused-ring (bicyclic) bond motifs is 1. The van der Waals surface area contributed by atoms with E-state index in [9.17, 15) is 14.3 Å². The fourth-order valence-electron chi connectivity index (χ4n) is 4.51.